The van der Waals surface area contributed by atoms with Crippen molar-refractivity contribution in [2.45, 2.75) is 26.8 Å². The molecule has 1 heteroatoms. The Hall–Kier alpha value is -1.60. The minimum Gasteiger partial charge on any atom is -0.306 e. The maximum absolute atomic E-state index is 3.69. The normalized spacial score (nSPS) is 11.8. The highest BCUT2D eigenvalue weighted by Gasteiger charge is 2.17. The molecule has 0 heterocycles. The Balaban J connectivity index is 2.24. The van der Waals surface area contributed by atoms with Crippen molar-refractivity contribution in [3.05, 3.63) is 71.8 Å². The van der Waals surface area contributed by atoms with E-state index < -0.39 is 0 Å². The average molecular weight is 253 g/mol. The molecule has 0 spiro atoms. The van der Waals surface area contributed by atoms with Crippen LogP contribution in [0.2, 0.25) is 0 Å². The second-order valence-corrected chi connectivity index (χ2v) is 6.20. The fourth-order valence-corrected chi connectivity index (χ4v) is 2.13. The lowest BCUT2D eigenvalue weighted by Gasteiger charge is -2.25. The predicted molar refractivity (Wildman–Crippen MR) is 82.2 cm³/mol. The summed E-state index contributed by atoms with van der Waals surface area (Å²) in [6.45, 7) is 7.76. The summed E-state index contributed by atoms with van der Waals surface area (Å²) in [6, 6.07) is 21.6. The lowest BCUT2D eigenvalue weighted by Crippen LogP contribution is -2.31. The zero-order chi connectivity index (χ0) is 13.7. The quantitative estimate of drug-likeness (QED) is 0.851. The van der Waals surface area contributed by atoms with Crippen molar-refractivity contribution in [1.82, 2.24) is 5.32 Å². The first-order valence-corrected chi connectivity index (χ1v) is 6.89. The largest absolute Gasteiger partial charge is 0.306 e. The molecule has 0 atom stereocenters. The first-order valence-electron chi connectivity index (χ1n) is 6.89. The van der Waals surface area contributed by atoms with Crippen molar-refractivity contribution in [2.24, 2.45) is 5.41 Å². The monoisotopic (exact) mass is 253 g/mol. The molecule has 2 aromatic rings. The summed E-state index contributed by atoms with van der Waals surface area (Å²) in [5, 5.41) is 3.69. The van der Waals surface area contributed by atoms with Gasteiger partial charge in [-0.2, -0.15) is 0 Å². The Bertz CT molecular complexity index is 443. The van der Waals surface area contributed by atoms with Crippen LogP contribution in [0, 0.1) is 5.41 Å². The van der Waals surface area contributed by atoms with Crippen molar-refractivity contribution in [2.75, 3.05) is 6.54 Å². The zero-order valence-corrected chi connectivity index (χ0v) is 12.1. The van der Waals surface area contributed by atoms with Gasteiger partial charge in [0, 0.05) is 6.54 Å². The van der Waals surface area contributed by atoms with Crippen LogP contribution < -0.4 is 5.32 Å². The molecular weight excluding hydrogens is 230 g/mol. The van der Waals surface area contributed by atoms with Gasteiger partial charge in [0.2, 0.25) is 0 Å². The summed E-state index contributed by atoms with van der Waals surface area (Å²) in [5.41, 5.74) is 2.91. The molecule has 1 N–H and O–H groups in total. The molecule has 0 fully saturated rings. The minimum atomic E-state index is 0.265. The smallest absolute Gasteiger partial charge is 0.0576 e. The molecule has 2 aromatic carbocycles. The van der Waals surface area contributed by atoms with Crippen LogP contribution in [0.1, 0.15) is 37.9 Å². The van der Waals surface area contributed by atoms with E-state index >= 15 is 0 Å². The van der Waals surface area contributed by atoms with E-state index in [1.807, 2.05) is 0 Å². The summed E-state index contributed by atoms with van der Waals surface area (Å²) < 4.78 is 0. The summed E-state index contributed by atoms with van der Waals surface area (Å²) in [6.07, 6.45) is 0. The third-order valence-corrected chi connectivity index (χ3v) is 3.10. The van der Waals surface area contributed by atoms with Gasteiger partial charge in [-0.05, 0) is 16.5 Å². The Kier molecular flexibility index (Phi) is 4.39. The third kappa shape index (κ3) is 4.22. The zero-order valence-electron chi connectivity index (χ0n) is 12.1. The number of hydrogen-bond acceptors (Lipinski definition) is 1. The maximum atomic E-state index is 3.69. The summed E-state index contributed by atoms with van der Waals surface area (Å²) in [7, 11) is 0. The van der Waals surface area contributed by atoms with Crippen LogP contribution >= 0.6 is 0 Å². The topological polar surface area (TPSA) is 12.0 Å². The molecule has 100 valence electrons. The summed E-state index contributed by atoms with van der Waals surface area (Å²) >= 11 is 0. The molecule has 0 bridgehead atoms. The van der Waals surface area contributed by atoms with Gasteiger partial charge in [-0.25, -0.2) is 0 Å². The molecule has 0 saturated carbocycles. The predicted octanol–water partition coefficient (Wildman–Crippen LogP) is 4.41. The molecule has 0 radical (unpaired) electrons. The van der Waals surface area contributed by atoms with E-state index in [0.717, 1.165) is 6.54 Å². The second-order valence-electron chi connectivity index (χ2n) is 6.20. The lowest BCUT2D eigenvalue weighted by molar-refractivity contribution is 0.365. The second kappa shape index (κ2) is 6.03. The van der Waals surface area contributed by atoms with E-state index in [-0.39, 0.29) is 11.5 Å². The van der Waals surface area contributed by atoms with Crippen molar-refractivity contribution >= 4 is 0 Å². The first-order chi connectivity index (χ1) is 9.06. The molecule has 2 rings (SSSR count). The SMILES string of the molecule is CC(C)(C)CNC(c1ccccc1)c1ccccc1. The lowest BCUT2D eigenvalue weighted by atomic mass is 9.93. The third-order valence-electron chi connectivity index (χ3n) is 3.10. The van der Waals surface area contributed by atoms with Crippen LogP contribution in [0.4, 0.5) is 0 Å². The molecule has 19 heavy (non-hydrogen) atoms. The van der Waals surface area contributed by atoms with Crippen LogP contribution in [0.3, 0.4) is 0 Å². The van der Waals surface area contributed by atoms with Crippen LogP contribution in [0.5, 0.6) is 0 Å². The molecule has 0 aliphatic rings. The van der Waals surface area contributed by atoms with E-state index in [0.29, 0.717) is 0 Å². The Labute approximate surface area is 116 Å². The number of benzene rings is 2. The van der Waals surface area contributed by atoms with Gasteiger partial charge in [-0.1, -0.05) is 81.4 Å². The highest BCUT2D eigenvalue weighted by molar-refractivity contribution is 5.31. The number of rotatable bonds is 4. The van der Waals surface area contributed by atoms with Crippen molar-refractivity contribution in [1.29, 1.82) is 0 Å². The van der Waals surface area contributed by atoms with Gasteiger partial charge in [0.1, 0.15) is 0 Å². The summed E-state index contributed by atoms with van der Waals surface area (Å²) in [5.74, 6) is 0. The molecule has 0 amide bonds. The van der Waals surface area contributed by atoms with Gasteiger partial charge >= 0.3 is 0 Å². The first kappa shape index (κ1) is 13.8. The van der Waals surface area contributed by atoms with Crippen LogP contribution in [-0.2, 0) is 0 Å². The van der Waals surface area contributed by atoms with Crippen molar-refractivity contribution < 1.29 is 0 Å². The average Bonchev–Trinajstić information content (AvgIpc) is 2.40. The van der Waals surface area contributed by atoms with Crippen LogP contribution in [0.15, 0.2) is 60.7 Å². The molecule has 0 aromatic heterocycles. The molecule has 0 saturated heterocycles. The fourth-order valence-electron chi connectivity index (χ4n) is 2.13. The fraction of sp³-hybridized carbons (Fsp3) is 0.333. The van der Waals surface area contributed by atoms with Crippen molar-refractivity contribution in [3.8, 4) is 0 Å². The van der Waals surface area contributed by atoms with Gasteiger partial charge in [0.15, 0.2) is 0 Å². The number of nitrogens with one attached hydrogen (secondary N) is 1. The molecule has 1 nitrogen and oxygen atoms in total. The van der Waals surface area contributed by atoms with E-state index in [1.54, 1.807) is 0 Å². The van der Waals surface area contributed by atoms with Crippen LogP contribution in [0.25, 0.3) is 0 Å². The molecular formula is C18H23N. The van der Waals surface area contributed by atoms with Gasteiger partial charge < -0.3 is 5.32 Å². The maximum Gasteiger partial charge on any atom is 0.0576 e. The van der Waals surface area contributed by atoms with E-state index in [4.69, 9.17) is 0 Å². The van der Waals surface area contributed by atoms with E-state index in [9.17, 15) is 0 Å². The Morgan fingerprint density at radius 1 is 0.789 bits per heavy atom. The van der Waals surface area contributed by atoms with Gasteiger partial charge in [0.05, 0.1) is 6.04 Å². The highest BCUT2D eigenvalue weighted by Crippen LogP contribution is 2.23. The Morgan fingerprint density at radius 2 is 1.21 bits per heavy atom. The standard InChI is InChI=1S/C18H23N/c1-18(2,3)14-19-17(15-10-6-4-7-11-15)16-12-8-5-9-13-16/h4-13,17,19H,14H2,1-3H3. The molecule has 0 aliphatic heterocycles. The molecule has 0 aliphatic carbocycles. The van der Waals surface area contributed by atoms with Gasteiger partial charge in [0.25, 0.3) is 0 Å². The molecule has 0 unspecified atom stereocenters. The highest BCUT2D eigenvalue weighted by atomic mass is 14.9. The van der Waals surface area contributed by atoms with Gasteiger partial charge in [-0.3, -0.25) is 0 Å². The van der Waals surface area contributed by atoms with Gasteiger partial charge in [-0.15, -0.1) is 0 Å². The summed E-state index contributed by atoms with van der Waals surface area (Å²) in [4.78, 5) is 0. The van der Waals surface area contributed by atoms with Crippen LogP contribution in [-0.4, -0.2) is 6.54 Å². The van der Waals surface area contributed by atoms with Crippen molar-refractivity contribution in [3.63, 3.8) is 0 Å². The Morgan fingerprint density at radius 3 is 1.58 bits per heavy atom. The minimum absolute atomic E-state index is 0.265. The van der Waals surface area contributed by atoms with E-state index in [1.165, 1.54) is 11.1 Å². The van der Waals surface area contributed by atoms with E-state index in [2.05, 4.69) is 86.8 Å². The number of hydrogen-bond donors (Lipinski definition) is 1.